The van der Waals surface area contributed by atoms with Crippen LogP contribution in [0, 0.1) is 11.8 Å². The molecule has 0 bridgehead atoms. The van der Waals surface area contributed by atoms with Gasteiger partial charge >= 0.3 is 0 Å². The molecule has 5 nitrogen and oxygen atoms in total. The van der Waals surface area contributed by atoms with Crippen LogP contribution in [0.5, 0.6) is 0 Å². The summed E-state index contributed by atoms with van der Waals surface area (Å²) in [6.07, 6.45) is 2.12. The number of rotatable bonds is 4. The Morgan fingerprint density at radius 3 is 2.67 bits per heavy atom. The summed E-state index contributed by atoms with van der Waals surface area (Å²) in [5, 5.41) is 8.06. The third-order valence-corrected chi connectivity index (χ3v) is 3.45. The van der Waals surface area contributed by atoms with Crippen LogP contribution < -0.4 is 0 Å². The standard InChI is InChI=1S/C15H22N2O2.CHN/c1-13(18)17(15-9-6-10-16(2)11-15)19-12-14-7-4-3-5-8-14;1-2/h3-5,7-8,15H,6,9-12H2,1-2H3;1H. The summed E-state index contributed by atoms with van der Waals surface area (Å²) in [6.45, 7) is 7.50. The molecule has 1 amide bonds. The number of nitrogens with zero attached hydrogens (tertiary/aromatic N) is 3. The van der Waals surface area contributed by atoms with E-state index in [9.17, 15) is 4.79 Å². The first-order valence-corrected chi connectivity index (χ1v) is 7.08. The van der Waals surface area contributed by atoms with Crippen LogP contribution >= 0.6 is 0 Å². The molecule has 114 valence electrons. The zero-order valence-electron chi connectivity index (χ0n) is 12.7. The van der Waals surface area contributed by atoms with Gasteiger partial charge < -0.3 is 4.90 Å². The molecule has 1 saturated heterocycles. The van der Waals surface area contributed by atoms with Gasteiger partial charge in [-0.05, 0) is 32.0 Å². The van der Waals surface area contributed by atoms with Crippen LogP contribution in [0.4, 0.5) is 0 Å². The highest BCUT2D eigenvalue weighted by atomic mass is 16.7. The molecule has 1 aliphatic heterocycles. The molecule has 0 N–H and O–H groups in total. The van der Waals surface area contributed by atoms with Crippen LogP contribution in [-0.4, -0.2) is 42.0 Å². The van der Waals surface area contributed by atoms with Gasteiger partial charge in [-0.2, -0.15) is 0 Å². The zero-order chi connectivity index (χ0) is 15.7. The Morgan fingerprint density at radius 2 is 2.10 bits per heavy atom. The SMILES string of the molecule is C#N.CC(=O)N(OCc1ccccc1)C1CCCN(C)C1. The van der Waals surface area contributed by atoms with Crippen molar-refractivity contribution in [2.45, 2.75) is 32.4 Å². The fourth-order valence-corrected chi connectivity index (χ4v) is 2.50. The van der Waals surface area contributed by atoms with Gasteiger partial charge in [-0.1, -0.05) is 30.3 Å². The first-order valence-electron chi connectivity index (χ1n) is 7.08. The highest BCUT2D eigenvalue weighted by Crippen LogP contribution is 2.16. The molecule has 1 fully saturated rings. The molecule has 2 rings (SSSR count). The average molecular weight is 289 g/mol. The summed E-state index contributed by atoms with van der Waals surface area (Å²) in [6, 6.07) is 10.1. The molecule has 1 aliphatic rings. The first-order chi connectivity index (χ1) is 10.2. The van der Waals surface area contributed by atoms with E-state index in [0.717, 1.165) is 31.5 Å². The number of amides is 1. The minimum atomic E-state index is -0.0174. The monoisotopic (exact) mass is 289 g/mol. The van der Waals surface area contributed by atoms with Crippen LogP contribution in [0.15, 0.2) is 30.3 Å². The Balaban J connectivity index is 0.00000106. The largest absolute Gasteiger partial charge is 0.304 e. The number of hydroxylamine groups is 2. The number of likely N-dealkylation sites (N-methyl/N-ethyl adjacent to an activating group) is 1. The van der Waals surface area contributed by atoms with E-state index in [-0.39, 0.29) is 11.9 Å². The van der Waals surface area contributed by atoms with E-state index < -0.39 is 0 Å². The van der Waals surface area contributed by atoms with Gasteiger partial charge in [0.05, 0.1) is 6.04 Å². The Morgan fingerprint density at radius 1 is 1.43 bits per heavy atom. The lowest BCUT2D eigenvalue weighted by Gasteiger charge is -2.36. The normalized spacial score (nSPS) is 18.4. The van der Waals surface area contributed by atoms with Gasteiger partial charge in [0.1, 0.15) is 6.61 Å². The number of hydrogen-bond donors (Lipinski definition) is 0. The molecular weight excluding hydrogens is 266 g/mol. The average Bonchev–Trinajstić information content (AvgIpc) is 2.50. The Labute approximate surface area is 126 Å². The maximum atomic E-state index is 11.8. The van der Waals surface area contributed by atoms with Crippen molar-refractivity contribution in [1.82, 2.24) is 9.96 Å². The molecule has 1 aromatic rings. The van der Waals surface area contributed by atoms with E-state index in [4.69, 9.17) is 10.1 Å². The van der Waals surface area contributed by atoms with Crippen molar-refractivity contribution >= 4 is 5.91 Å². The molecule has 1 heterocycles. The van der Waals surface area contributed by atoms with Crippen molar-refractivity contribution in [2.75, 3.05) is 20.1 Å². The fourth-order valence-electron chi connectivity index (χ4n) is 2.50. The highest BCUT2D eigenvalue weighted by molar-refractivity contribution is 5.72. The summed E-state index contributed by atoms with van der Waals surface area (Å²) in [7, 11) is 2.08. The predicted octanol–water partition coefficient (Wildman–Crippen LogP) is 2.20. The number of carbonyl (C=O) groups is 1. The quantitative estimate of drug-likeness (QED) is 0.797. The van der Waals surface area contributed by atoms with E-state index in [2.05, 4.69) is 18.5 Å². The minimum Gasteiger partial charge on any atom is -0.304 e. The first kappa shape index (κ1) is 17.2. The van der Waals surface area contributed by atoms with Gasteiger partial charge in [0, 0.05) is 20.0 Å². The molecule has 1 aromatic carbocycles. The molecular formula is C16H23N3O2. The maximum Gasteiger partial charge on any atom is 0.243 e. The van der Waals surface area contributed by atoms with Gasteiger partial charge in [0.2, 0.25) is 5.91 Å². The van der Waals surface area contributed by atoms with Gasteiger partial charge in [0.25, 0.3) is 0 Å². The van der Waals surface area contributed by atoms with Crippen LogP contribution in [0.3, 0.4) is 0 Å². The lowest BCUT2D eigenvalue weighted by atomic mass is 10.1. The number of nitriles is 1. The Kier molecular flexibility index (Phi) is 7.44. The third-order valence-electron chi connectivity index (χ3n) is 3.45. The molecule has 0 aromatic heterocycles. The maximum absolute atomic E-state index is 11.8. The second kappa shape index (κ2) is 9.11. The number of likely N-dealkylation sites (tertiary alicyclic amines) is 1. The van der Waals surface area contributed by atoms with Crippen molar-refractivity contribution in [3.8, 4) is 6.57 Å². The van der Waals surface area contributed by atoms with Crippen LogP contribution in [-0.2, 0) is 16.2 Å². The molecule has 0 aliphatic carbocycles. The topological polar surface area (TPSA) is 56.6 Å². The second-order valence-electron chi connectivity index (χ2n) is 5.16. The van der Waals surface area contributed by atoms with Crippen molar-refractivity contribution < 1.29 is 9.63 Å². The van der Waals surface area contributed by atoms with Gasteiger partial charge in [0.15, 0.2) is 0 Å². The number of piperidine rings is 1. The van der Waals surface area contributed by atoms with Gasteiger partial charge in [-0.25, -0.2) is 10.3 Å². The number of hydrogen-bond acceptors (Lipinski definition) is 4. The van der Waals surface area contributed by atoms with Crippen LogP contribution in [0.1, 0.15) is 25.3 Å². The van der Waals surface area contributed by atoms with E-state index in [1.807, 2.05) is 30.3 Å². The van der Waals surface area contributed by atoms with E-state index in [0.29, 0.717) is 6.61 Å². The number of benzene rings is 1. The Bertz CT molecular complexity index is 447. The van der Waals surface area contributed by atoms with E-state index in [1.54, 1.807) is 12.0 Å². The lowest BCUT2D eigenvalue weighted by molar-refractivity contribution is -0.208. The Hall–Kier alpha value is -1.90. The summed E-state index contributed by atoms with van der Waals surface area (Å²) in [5.74, 6) is -0.0174. The summed E-state index contributed by atoms with van der Waals surface area (Å²) < 4.78 is 0. The summed E-state index contributed by atoms with van der Waals surface area (Å²) >= 11 is 0. The van der Waals surface area contributed by atoms with E-state index in [1.165, 1.54) is 0 Å². The predicted molar refractivity (Wildman–Crippen MR) is 80.9 cm³/mol. The van der Waals surface area contributed by atoms with Gasteiger partial charge in [-0.3, -0.25) is 9.63 Å². The second-order valence-corrected chi connectivity index (χ2v) is 5.16. The molecule has 1 unspecified atom stereocenters. The molecule has 21 heavy (non-hydrogen) atoms. The zero-order valence-corrected chi connectivity index (χ0v) is 12.7. The summed E-state index contributed by atoms with van der Waals surface area (Å²) in [4.78, 5) is 19.7. The van der Waals surface area contributed by atoms with Crippen LogP contribution in [0.2, 0.25) is 0 Å². The van der Waals surface area contributed by atoms with E-state index >= 15 is 0 Å². The minimum absolute atomic E-state index is 0.0174. The fraction of sp³-hybridized carbons (Fsp3) is 0.500. The highest BCUT2D eigenvalue weighted by Gasteiger charge is 2.26. The molecule has 5 heteroatoms. The van der Waals surface area contributed by atoms with Crippen molar-refractivity contribution in [3.63, 3.8) is 0 Å². The summed E-state index contributed by atoms with van der Waals surface area (Å²) in [5.41, 5.74) is 1.08. The van der Waals surface area contributed by atoms with Crippen molar-refractivity contribution in [1.29, 1.82) is 5.26 Å². The third kappa shape index (κ3) is 5.54. The lowest BCUT2D eigenvalue weighted by Crippen LogP contribution is -2.48. The molecule has 1 atom stereocenters. The molecule has 0 radical (unpaired) electrons. The number of carbonyl (C=O) groups excluding carboxylic acids is 1. The van der Waals surface area contributed by atoms with Crippen LogP contribution in [0.25, 0.3) is 0 Å². The van der Waals surface area contributed by atoms with Crippen molar-refractivity contribution in [2.24, 2.45) is 0 Å². The smallest absolute Gasteiger partial charge is 0.243 e. The van der Waals surface area contributed by atoms with Crippen molar-refractivity contribution in [3.05, 3.63) is 35.9 Å². The van der Waals surface area contributed by atoms with Gasteiger partial charge in [-0.15, -0.1) is 0 Å². The molecule has 0 saturated carbocycles. The molecule has 0 spiro atoms.